The lowest BCUT2D eigenvalue weighted by Gasteiger charge is -2.14. The van der Waals surface area contributed by atoms with Crippen LogP contribution >= 0.6 is 15.9 Å². The molecule has 0 radical (unpaired) electrons. The standard InChI is InChI=1S/C15H18BrN3O/c1-9-7-10(16)5-6-11(9)14(20)17-13-8-12(18-19-13)15(2,3)4/h5-8H,1-4H3,(H2,17,18,19,20). The van der Waals surface area contributed by atoms with Crippen molar-refractivity contribution in [3.8, 4) is 0 Å². The first-order chi connectivity index (χ1) is 9.27. The monoisotopic (exact) mass is 335 g/mol. The molecule has 20 heavy (non-hydrogen) atoms. The van der Waals surface area contributed by atoms with Crippen molar-refractivity contribution in [2.45, 2.75) is 33.1 Å². The number of hydrogen-bond acceptors (Lipinski definition) is 2. The molecule has 4 nitrogen and oxygen atoms in total. The van der Waals surface area contributed by atoms with Gasteiger partial charge in [0.05, 0.1) is 0 Å². The maximum absolute atomic E-state index is 12.2. The van der Waals surface area contributed by atoms with E-state index in [4.69, 9.17) is 0 Å². The highest BCUT2D eigenvalue weighted by Crippen LogP contribution is 2.22. The molecule has 0 atom stereocenters. The van der Waals surface area contributed by atoms with E-state index in [1.807, 2.05) is 25.1 Å². The lowest BCUT2D eigenvalue weighted by molar-refractivity contribution is 0.102. The molecule has 1 amide bonds. The van der Waals surface area contributed by atoms with E-state index >= 15 is 0 Å². The van der Waals surface area contributed by atoms with Crippen molar-refractivity contribution < 1.29 is 4.79 Å². The van der Waals surface area contributed by atoms with E-state index in [0.717, 1.165) is 15.7 Å². The molecule has 106 valence electrons. The van der Waals surface area contributed by atoms with E-state index in [1.54, 1.807) is 6.07 Å². The second kappa shape index (κ2) is 5.40. The Morgan fingerprint density at radius 3 is 2.55 bits per heavy atom. The van der Waals surface area contributed by atoms with Crippen LogP contribution in [0, 0.1) is 6.92 Å². The van der Waals surface area contributed by atoms with E-state index in [0.29, 0.717) is 11.4 Å². The third-order valence-corrected chi connectivity index (χ3v) is 3.55. The Morgan fingerprint density at radius 2 is 2.00 bits per heavy atom. The summed E-state index contributed by atoms with van der Waals surface area (Å²) in [6, 6.07) is 7.44. The molecular weight excluding hydrogens is 318 g/mol. The summed E-state index contributed by atoms with van der Waals surface area (Å²) in [5, 5.41) is 9.90. The molecule has 1 aromatic carbocycles. The lowest BCUT2D eigenvalue weighted by atomic mass is 9.92. The Hall–Kier alpha value is -1.62. The van der Waals surface area contributed by atoms with Gasteiger partial charge in [-0.15, -0.1) is 0 Å². The molecule has 0 bridgehead atoms. The SMILES string of the molecule is Cc1cc(Br)ccc1C(=O)Nc1cc(C(C)(C)C)[nH]n1. The number of rotatable bonds is 2. The molecule has 1 aromatic heterocycles. The van der Waals surface area contributed by atoms with Crippen LogP contribution in [0.5, 0.6) is 0 Å². The summed E-state index contributed by atoms with van der Waals surface area (Å²) in [7, 11) is 0. The molecule has 2 N–H and O–H groups in total. The highest BCUT2D eigenvalue weighted by Gasteiger charge is 2.18. The highest BCUT2D eigenvalue weighted by molar-refractivity contribution is 9.10. The van der Waals surface area contributed by atoms with Crippen LogP contribution in [0.15, 0.2) is 28.7 Å². The molecule has 0 saturated carbocycles. The highest BCUT2D eigenvalue weighted by atomic mass is 79.9. The summed E-state index contributed by atoms with van der Waals surface area (Å²) in [5.41, 5.74) is 2.53. The molecule has 5 heteroatoms. The van der Waals surface area contributed by atoms with Gasteiger partial charge in [-0.1, -0.05) is 36.7 Å². The number of carbonyl (C=O) groups is 1. The average Bonchev–Trinajstić information content (AvgIpc) is 2.76. The number of hydrogen-bond donors (Lipinski definition) is 2. The second-order valence-corrected chi connectivity index (χ2v) is 6.75. The summed E-state index contributed by atoms with van der Waals surface area (Å²) in [5.74, 6) is 0.393. The topological polar surface area (TPSA) is 57.8 Å². The van der Waals surface area contributed by atoms with Crippen molar-refractivity contribution in [1.29, 1.82) is 0 Å². The zero-order valence-corrected chi connectivity index (χ0v) is 13.6. The minimum atomic E-state index is -0.151. The Kier molecular flexibility index (Phi) is 3.99. The number of nitrogens with one attached hydrogen (secondary N) is 2. The fraction of sp³-hybridized carbons (Fsp3) is 0.333. The molecule has 0 aliphatic carbocycles. The van der Waals surface area contributed by atoms with Gasteiger partial charge in [0.2, 0.25) is 0 Å². The molecule has 2 rings (SSSR count). The third-order valence-electron chi connectivity index (χ3n) is 3.06. The van der Waals surface area contributed by atoms with Gasteiger partial charge in [-0.3, -0.25) is 9.89 Å². The van der Waals surface area contributed by atoms with Crippen LogP contribution in [-0.4, -0.2) is 16.1 Å². The van der Waals surface area contributed by atoms with Crippen LogP contribution in [0.4, 0.5) is 5.82 Å². The predicted octanol–water partition coefficient (Wildman–Crippen LogP) is 4.03. The van der Waals surface area contributed by atoms with E-state index in [9.17, 15) is 4.79 Å². The molecule has 0 saturated heterocycles. The molecular formula is C15H18BrN3O. The van der Waals surface area contributed by atoms with Gasteiger partial charge in [-0.25, -0.2) is 0 Å². The van der Waals surface area contributed by atoms with Gasteiger partial charge < -0.3 is 5.32 Å². The number of anilines is 1. The lowest BCUT2D eigenvalue weighted by Crippen LogP contribution is -2.13. The summed E-state index contributed by atoms with van der Waals surface area (Å²) in [6.07, 6.45) is 0. The van der Waals surface area contributed by atoms with Crippen LogP contribution in [0.3, 0.4) is 0 Å². The predicted molar refractivity (Wildman–Crippen MR) is 84.1 cm³/mol. The molecule has 0 spiro atoms. The largest absolute Gasteiger partial charge is 0.305 e. The maximum Gasteiger partial charge on any atom is 0.257 e. The molecule has 0 aliphatic rings. The first-order valence-electron chi connectivity index (χ1n) is 6.41. The number of benzene rings is 1. The second-order valence-electron chi connectivity index (χ2n) is 5.83. The average molecular weight is 336 g/mol. The summed E-state index contributed by atoms with van der Waals surface area (Å²) < 4.78 is 0.960. The number of halogens is 1. The Balaban J connectivity index is 2.17. The van der Waals surface area contributed by atoms with E-state index < -0.39 is 0 Å². The van der Waals surface area contributed by atoms with Gasteiger partial charge in [0, 0.05) is 27.2 Å². The van der Waals surface area contributed by atoms with E-state index in [-0.39, 0.29) is 11.3 Å². The molecule has 2 aromatic rings. The van der Waals surface area contributed by atoms with Crippen LogP contribution in [0.1, 0.15) is 42.4 Å². The van der Waals surface area contributed by atoms with Crippen molar-refractivity contribution in [2.24, 2.45) is 0 Å². The van der Waals surface area contributed by atoms with Gasteiger partial charge in [-0.2, -0.15) is 5.10 Å². The van der Waals surface area contributed by atoms with Crippen molar-refractivity contribution in [3.63, 3.8) is 0 Å². The Bertz CT molecular complexity index is 641. The molecule has 1 heterocycles. The minimum absolute atomic E-state index is 0.0243. The third kappa shape index (κ3) is 3.28. The smallest absolute Gasteiger partial charge is 0.257 e. The molecule has 0 unspecified atom stereocenters. The zero-order valence-electron chi connectivity index (χ0n) is 12.0. The summed E-state index contributed by atoms with van der Waals surface area (Å²) >= 11 is 3.39. The van der Waals surface area contributed by atoms with Gasteiger partial charge in [-0.05, 0) is 30.7 Å². The Labute approximate surface area is 127 Å². The fourth-order valence-electron chi connectivity index (χ4n) is 1.84. The zero-order chi connectivity index (χ0) is 14.9. The van der Waals surface area contributed by atoms with Crippen LogP contribution in [-0.2, 0) is 5.41 Å². The van der Waals surface area contributed by atoms with Gasteiger partial charge in [0.15, 0.2) is 5.82 Å². The number of amides is 1. The van der Waals surface area contributed by atoms with E-state index in [1.165, 1.54) is 0 Å². The fourth-order valence-corrected chi connectivity index (χ4v) is 2.31. The van der Waals surface area contributed by atoms with Gasteiger partial charge in [0.25, 0.3) is 5.91 Å². The van der Waals surface area contributed by atoms with E-state index in [2.05, 4.69) is 52.2 Å². The molecule has 0 fully saturated rings. The number of aryl methyl sites for hydroxylation is 1. The van der Waals surface area contributed by atoms with Crippen molar-refractivity contribution >= 4 is 27.7 Å². The van der Waals surface area contributed by atoms with Crippen molar-refractivity contribution in [1.82, 2.24) is 10.2 Å². The van der Waals surface area contributed by atoms with Gasteiger partial charge >= 0.3 is 0 Å². The van der Waals surface area contributed by atoms with Gasteiger partial charge in [0.1, 0.15) is 0 Å². The number of aromatic amines is 1. The quantitative estimate of drug-likeness (QED) is 0.870. The number of carbonyl (C=O) groups excluding carboxylic acids is 1. The summed E-state index contributed by atoms with van der Waals surface area (Å²) in [4.78, 5) is 12.2. The number of nitrogens with zero attached hydrogens (tertiary/aromatic N) is 1. The number of aromatic nitrogens is 2. The van der Waals surface area contributed by atoms with Crippen LogP contribution in [0.25, 0.3) is 0 Å². The molecule has 0 aliphatic heterocycles. The van der Waals surface area contributed by atoms with Crippen LogP contribution in [0.2, 0.25) is 0 Å². The Morgan fingerprint density at radius 1 is 1.30 bits per heavy atom. The first-order valence-corrected chi connectivity index (χ1v) is 7.20. The summed E-state index contributed by atoms with van der Waals surface area (Å²) in [6.45, 7) is 8.17. The van der Waals surface area contributed by atoms with Crippen molar-refractivity contribution in [3.05, 3.63) is 45.6 Å². The number of H-pyrrole nitrogens is 1. The first kappa shape index (κ1) is 14.8. The minimum Gasteiger partial charge on any atom is -0.305 e. The normalized spacial score (nSPS) is 11.4. The maximum atomic E-state index is 12.2. The van der Waals surface area contributed by atoms with Crippen LogP contribution < -0.4 is 5.32 Å². The van der Waals surface area contributed by atoms with Crippen molar-refractivity contribution in [2.75, 3.05) is 5.32 Å².